The summed E-state index contributed by atoms with van der Waals surface area (Å²) in [6, 6.07) is 0. The van der Waals surface area contributed by atoms with Crippen molar-refractivity contribution in [1.82, 2.24) is 4.57 Å². The van der Waals surface area contributed by atoms with Crippen molar-refractivity contribution in [3.63, 3.8) is 0 Å². The zero-order chi connectivity index (χ0) is 24.6. The summed E-state index contributed by atoms with van der Waals surface area (Å²) in [6.45, 7) is 12.3. The Hall–Kier alpha value is -0.360. The fourth-order valence-electron chi connectivity index (χ4n) is 9.09. The first-order chi connectivity index (χ1) is 16.9. The van der Waals surface area contributed by atoms with Crippen LogP contribution in [-0.4, -0.2) is 15.8 Å². The molecule has 4 aliphatic rings. The van der Waals surface area contributed by atoms with Gasteiger partial charge in [0.1, 0.15) is 5.69 Å². The van der Waals surface area contributed by atoms with Crippen LogP contribution in [0.5, 0.6) is 0 Å². The van der Waals surface area contributed by atoms with Gasteiger partial charge in [-0.15, -0.1) is 0 Å². The number of hydrogen-bond acceptors (Lipinski definition) is 1. The van der Waals surface area contributed by atoms with E-state index < -0.39 is 0 Å². The van der Waals surface area contributed by atoms with Crippen LogP contribution in [0.4, 0.5) is 0 Å². The van der Waals surface area contributed by atoms with Crippen LogP contribution in [-0.2, 0) is 24.9 Å². The molecule has 4 aliphatic carbocycles. The fraction of sp³-hybridized carbons (Fsp3) is 0.844. The van der Waals surface area contributed by atoms with Gasteiger partial charge in [0.2, 0.25) is 6.33 Å². The molecule has 0 unspecified atom stereocenters. The van der Waals surface area contributed by atoms with Gasteiger partial charge in [0, 0.05) is 11.8 Å². The second-order valence-electron chi connectivity index (χ2n) is 13.2. The van der Waals surface area contributed by atoms with Gasteiger partial charge in [-0.2, -0.15) is 0 Å². The molecule has 0 spiro atoms. The van der Waals surface area contributed by atoms with Gasteiger partial charge >= 0.3 is 0 Å². The highest BCUT2D eigenvalue weighted by atomic mass is 127. The molecule has 2 saturated carbocycles. The van der Waals surface area contributed by atoms with E-state index >= 15 is 0 Å². The molecule has 204 valence electrons. The number of rotatable bonds is 10. The van der Waals surface area contributed by atoms with Crippen LogP contribution < -0.4 is 28.5 Å². The molecule has 0 saturated heterocycles. The summed E-state index contributed by atoms with van der Waals surface area (Å²) in [5.74, 6) is 2.41. The molecule has 1 aromatic rings. The maximum atomic E-state index is 10.4. The van der Waals surface area contributed by atoms with E-state index in [0.717, 1.165) is 30.6 Å². The molecule has 1 heterocycles. The predicted molar refractivity (Wildman–Crippen MR) is 144 cm³/mol. The van der Waals surface area contributed by atoms with Crippen molar-refractivity contribution >= 4 is 0 Å². The van der Waals surface area contributed by atoms with Crippen molar-refractivity contribution in [3.8, 4) is 0 Å². The van der Waals surface area contributed by atoms with Crippen molar-refractivity contribution in [1.29, 1.82) is 0 Å². The minimum absolute atomic E-state index is 0. The average Bonchev–Trinajstić information content (AvgIpc) is 3.35. The van der Waals surface area contributed by atoms with Crippen LogP contribution in [0, 0.1) is 23.2 Å². The maximum absolute atomic E-state index is 10.4. The molecule has 4 heteroatoms. The Balaban J connectivity index is 0.00000304. The SMILES string of the molecule is CCCCCCn1c[n+](CCCCCC)c2c1C[C@H]1[C@@H]3CC=C4C[C@@H](O)CC[C@]4(C)[C@H]3CC[C@]21C.[I-]. The fourth-order valence-corrected chi connectivity index (χ4v) is 9.09. The topological polar surface area (TPSA) is 29.0 Å². The van der Waals surface area contributed by atoms with Gasteiger partial charge in [-0.25, -0.2) is 9.13 Å². The summed E-state index contributed by atoms with van der Waals surface area (Å²) in [5, 5.41) is 10.4. The third-order valence-corrected chi connectivity index (χ3v) is 11.1. The number of aliphatic hydroxyl groups is 1. The van der Waals surface area contributed by atoms with Gasteiger partial charge in [-0.05, 0) is 87.4 Å². The molecule has 3 nitrogen and oxygen atoms in total. The number of aliphatic hydroxyl groups excluding tert-OH is 1. The molecule has 2 fully saturated rings. The number of halogens is 1. The molecule has 5 rings (SSSR count). The first-order valence-corrected chi connectivity index (χ1v) is 15.4. The quantitative estimate of drug-likeness (QED) is 0.183. The maximum Gasteiger partial charge on any atom is 0.244 e. The Bertz CT molecular complexity index is 922. The van der Waals surface area contributed by atoms with Crippen molar-refractivity contribution in [2.24, 2.45) is 23.2 Å². The Kier molecular flexibility index (Phi) is 9.39. The van der Waals surface area contributed by atoms with Crippen LogP contribution in [0.1, 0.15) is 129 Å². The van der Waals surface area contributed by atoms with Gasteiger partial charge in [0.05, 0.1) is 19.2 Å². The van der Waals surface area contributed by atoms with E-state index in [1.165, 1.54) is 96.6 Å². The highest BCUT2D eigenvalue weighted by molar-refractivity contribution is 5.33. The summed E-state index contributed by atoms with van der Waals surface area (Å²) in [7, 11) is 0. The second-order valence-corrected chi connectivity index (χ2v) is 13.2. The summed E-state index contributed by atoms with van der Waals surface area (Å²) in [6.07, 6.45) is 24.2. The molecule has 0 radical (unpaired) electrons. The Labute approximate surface area is 238 Å². The third kappa shape index (κ3) is 5.00. The van der Waals surface area contributed by atoms with Gasteiger partial charge < -0.3 is 29.1 Å². The molecule has 36 heavy (non-hydrogen) atoms. The lowest BCUT2D eigenvalue weighted by atomic mass is 9.48. The lowest BCUT2D eigenvalue weighted by Crippen LogP contribution is -3.00. The molecule has 1 N–H and O–H groups in total. The standard InChI is InChI=1S/C32H53N2O.HI/c1-5-7-9-11-19-33-23-34(20-12-10-8-6-2)30-29(33)22-28-26-14-13-24-21-25(35)15-17-31(24,3)27(26)16-18-32(28,30)4;/h13,23,25-28,35H,5-12,14-22H2,1-4H3;1H/q+1;/p-1/t25-,26+,27-,28-,31-,32-;/m0./s1. The summed E-state index contributed by atoms with van der Waals surface area (Å²) >= 11 is 0. The van der Waals surface area contributed by atoms with Crippen LogP contribution in [0.3, 0.4) is 0 Å². The van der Waals surface area contributed by atoms with E-state index in [1.54, 1.807) is 17.0 Å². The summed E-state index contributed by atoms with van der Waals surface area (Å²) in [5.41, 5.74) is 5.70. The molecule has 0 bridgehead atoms. The normalized spacial score (nSPS) is 34.8. The summed E-state index contributed by atoms with van der Waals surface area (Å²) in [4.78, 5) is 0. The van der Waals surface area contributed by atoms with Gasteiger partial charge in [-0.1, -0.05) is 65.0 Å². The van der Waals surface area contributed by atoms with E-state index in [-0.39, 0.29) is 30.1 Å². The number of aromatic nitrogens is 2. The van der Waals surface area contributed by atoms with Crippen LogP contribution in [0.2, 0.25) is 0 Å². The van der Waals surface area contributed by atoms with E-state index in [0.29, 0.717) is 10.8 Å². The van der Waals surface area contributed by atoms with Gasteiger partial charge in [0.15, 0.2) is 5.69 Å². The number of allylic oxidation sites excluding steroid dienone is 1. The van der Waals surface area contributed by atoms with Crippen molar-refractivity contribution < 1.29 is 33.7 Å². The third-order valence-electron chi connectivity index (χ3n) is 11.1. The Morgan fingerprint density at radius 3 is 2.39 bits per heavy atom. The van der Waals surface area contributed by atoms with Crippen molar-refractivity contribution in [2.45, 2.75) is 149 Å². The van der Waals surface area contributed by atoms with Crippen molar-refractivity contribution in [3.05, 3.63) is 29.4 Å². The van der Waals surface area contributed by atoms with E-state index in [2.05, 4.69) is 49.2 Å². The molecule has 0 aromatic carbocycles. The molecule has 0 amide bonds. The van der Waals surface area contributed by atoms with Crippen LogP contribution >= 0.6 is 0 Å². The van der Waals surface area contributed by atoms with E-state index in [9.17, 15) is 5.11 Å². The minimum Gasteiger partial charge on any atom is -1.00 e. The van der Waals surface area contributed by atoms with Crippen LogP contribution in [0.15, 0.2) is 18.0 Å². The molecular formula is C32H53IN2O. The lowest BCUT2D eigenvalue weighted by molar-refractivity contribution is -0.707. The summed E-state index contributed by atoms with van der Waals surface area (Å²) < 4.78 is 5.43. The molecule has 6 atom stereocenters. The highest BCUT2D eigenvalue weighted by Gasteiger charge is 2.60. The number of aryl methyl sites for hydroxylation is 2. The number of unbranched alkanes of at least 4 members (excludes halogenated alkanes) is 6. The van der Waals surface area contributed by atoms with Crippen LogP contribution in [0.25, 0.3) is 0 Å². The largest absolute Gasteiger partial charge is 1.00 e. The lowest BCUT2D eigenvalue weighted by Gasteiger charge is -2.56. The van der Waals surface area contributed by atoms with E-state index in [1.807, 2.05) is 0 Å². The van der Waals surface area contributed by atoms with Gasteiger partial charge in [0.25, 0.3) is 0 Å². The van der Waals surface area contributed by atoms with E-state index in [4.69, 9.17) is 0 Å². The number of imidazole rings is 1. The Morgan fingerprint density at radius 1 is 0.917 bits per heavy atom. The number of fused-ring (bicyclic) bond motifs is 7. The van der Waals surface area contributed by atoms with Crippen molar-refractivity contribution in [2.75, 3.05) is 0 Å². The highest BCUT2D eigenvalue weighted by Crippen LogP contribution is 2.63. The molecular weight excluding hydrogens is 555 g/mol. The number of nitrogens with zero attached hydrogens (tertiary/aromatic N) is 2. The zero-order valence-corrected chi connectivity index (χ0v) is 25.9. The first kappa shape index (κ1) is 28.6. The minimum atomic E-state index is -0.102. The Morgan fingerprint density at radius 2 is 1.64 bits per heavy atom. The second kappa shape index (κ2) is 11.8. The smallest absolute Gasteiger partial charge is 0.244 e. The zero-order valence-electron chi connectivity index (χ0n) is 23.7. The number of hydrogen-bond donors (Lipinski definition) is 1. The predicted octanol–water partition coefficient (Wildman–Crippen LogP) is 4.28. The first-order valence-electron chi connectivity index (χ1n) is 15.4. The molecule has 0 aliphatic heterocycles. The van der Waals surface area contributed by atoms with Gasteiger partial charge in [-0.3, -0.25) is 0 Å². The monoisotopic (exact) mass is 608 g/mol. The average molecular weight is 609 g/mol. The molecule has 1 aromatic heterocycles.